The van der Waals surface area contributed by atoms with E-state index in [9.17, 15) is 61.0 Å². The van der Waals surface area contributed by atoms with Crippen LogP contribution in [0, 0.1) is 0 Å². The van der Waals surface area contributed by atoms with Crippen molar-refractivity contribution in [3.8, 4) is 0 Å². The molecule has 0 radical (unpaired) electrons. The number of carbonyl (C=O) groups is 1. The van der Waals surface area contributed by atoms with Crippen LogP contribution in [0.4, 0.5) is 0 Å². The second-order valence-corrected chi connectivity index (χ2v) is 15.0. The van der Waals surface area contributed by atoms with E-state index in [2.05, 4.69) is 5.32 Å². The first-order valence-corrected chi connectivity index (χ1v) is 18.5. The lowest BCUT2D eigenvalue weighted by molar-refractivity contribution is -0.366. The van der Waals surface area contributed by atoms with E-state index in [0.717, 1.165) is 11.8 Å². The molecule has 0 bridgehead atoms. The fourth-order valence-corrected chi connectivity index (χ4v) is 8.13. The largest absolute Gasteiger partial charge is 0.481 e. The minimum Gasteiger partial charge on any atom is -0.481 e. The first-order chi connectivity index (χ1) is 25.6. The van der Waals surface area contributed by atoms with Gasteiger partial charge < -0.3 is 90.3 Å². The summed E-state index contributed by atoms with van der Waals surface area (Å²) in [7, 11) is 0. The number of thioether (sulfide) groups is 1. The minimum atomic E-state index is -1.93. The molecule has 1 aromatic carbocycles. The van der Waals surface area contributed by atoms with E-state index in [0.29, 0.717) is 22.5 Å². The molecule has 0 spiro atoms. The zero-order valence-corrected chi connectivity index (χ0v) is 30.2. The zero-order chi connectivity index (χ0) is 39.6. The Morgan fingerprint density at radius 1 is 0.741 bits per heavy atom. The average Bonchev–Trinajstić information content (AvgIpc) is 3.15. The molecule has 3 saturated heterocycles. The predicted molar refractivity (Wildman–Crippen MR) is 182 cm³/mol. The maximum Gasteiger partial charge on any atom is 0.307 e. The van der Waals surface area contributed by atoms with E-state index in [1.54, 1.807) is 31.2 Å². The van der Waals surface area contributed by atoms with E-state index < -0.39 is 135 Å². The molecule has 306 valence electrons. The van der Waals surface area contributed by atoms with Crippen molar-refractivity contribution >= 4 is 17.7 Å². The Balaban J connectivity index is 1.21. The molecule has 0 amide bonds. The number of carboxylic acids is 1. The van der Waals surface area contributed by atoms with Crippen molar-refractivity contribution in [3.63, 3.8) is 0 Å². The van der Waals surface area contributed by atoms with Crippen molar-refractivity contribution in [3.05, 3.63) is 41.5 Å². The molecule has 19 atom stereocenters. The van der Waals surface area contributed by atoms with E-state index in [-0.39, 0.29) is 6.42 Å². The third kappa shape index (κ3) is 9.28. The number of benzene rings is 1. The second-order valence-electron chi connectivity index (χ2n) is 13.9. The smallest absolute Gasteiger partial charge is 0.307 e. The quantitative estimate of drug-likeness (QED) is 0.0835. The predicted octanol–water partition coefficient (Wildman–Crippen LogP) is -4.72. The Kier molecular flexibility index (Phi) is 14.9. The monoisotopic (exact) mass is 793 g/mol. The molecule has 4 aliphatic rings. The maximum atomic E-state index is 11.1. The van der Waals surface area contributed by atoms with Gasteiger partial charge in [-0.15, -0.1) is 0 Å². The molecular weight excluding hydrogens is 742 g/mol. The van der Waals surface area contributed by atoms with Crippen LogP contribution in [0.25, 0.3) is 0 Å². The molecule has 1 aliphatic carbocycles. The van der Waals surface area contributed by atoms with Crippen LogP contribution >= 0.6 is 11.8 Å². The summed E-state index contributed by atoms with van der Waals surface area (Å²) in [6.07, 6.45) is -23.1. The highest BCUT2D eigenvalue weighted by molar-refractivity contribution is 7.99. The Bertz CT molecular complexity index is 1400. The molecule has 3 fully saturated rings. The van der Waals surface area contributed by atoms with Crippen LogP contribution < -0.4 is 5.32 Å². The number of nitrogens with one attached hydrogen (secondary N) is 1. The summed E-state index contributed by atoms with van der Waals surface area (Å²) in [5.74, 6) is -1.00. The molecule has 1 aromatic rings. The van der Waals surface area contributed by atoms with Gasteiger partial charge in [0.2, 0.25) is 0 Å². The Morgan fingerprint density at radius 2 is 1.30 bits per heavy atom. The second kappa shape index (κ2) is 18.6. The molecule has 3 aliphatic heterocycles. The van der Waals surface area contributed by atoms with Gasteiger partial charge in [0.25, 0.3) is 0 Å². The molecular formula is C34H51NO18S. The Morgan fingerprint density at radius 3 is 1.87 bits per heavy atom. The molecule has 19 nitrogen and oxygen atoms in total. The van der Waals surface area contributed by atoms with Gasteiger partial charge >= 0.3 is 5.97 Å². The lowest BCUT2D eigenvalue weighted by atomic mass is 9.85. The van der Waals surface area contributed by atoms with Crippen molar-refractivity contribution in [1.82, 2.24) is 5.32 Å². The number of hydrogen-bond acceptors (Lipinski definition) is 19. The van der Waals surface area contributed by atoms with Crippen LogP contribution in [0.5, 0.6) is 0 Å². The minimum absolute atomic E-state index is 0.187. The van der Waals surface area contributed by atoms with E-state index >= 15 is 0 Å². The van der Waals surface area contributed by atoms with E-state index in [4.69, 9.17) is 28.8 Å². The third-order valence-corrected chi connectivity index (χ3v) is 11.4. The van der Waals surface area contributed by atoms with Crippen LogP contribution in [-0.4, -0.2) is 196 Å². The Labute approximate surface area is 314 Å². The average molecular weight is 794 g/mol. The summed E-state index contributed by atoms with van der Waals surface area (Å²) >= 11 is 1.000. The highest BCUT2D eigenvalue weighted by atomic mass is 32.2. The van der Waals surface area contributed by atoms with E-state index in [1.165, 1.54) is 13.0 Å². The molecule has 20 heteroatoms. The highest BCUT2D eigenvalue weighted by Gasteiger charge is 2.53. The summed E-state index contributed by atoms with van der Waals surface area (Å²) in [5.41, 5.74) is -0.107. The molecule has 3 heterocycles. The molecule has 5 rings (SSSR count). The van der Waals surface area contributed by atoms with Gasteiger partial charge in [-0.05, 0) is 36.6 Å². The third-order valence-electron chi connectivity index (χ3n) is 10.2. The van der Waals surface area contributed by atoms with Crippen LogP contribution in [0.3, 0.4) is 0 Å². The topological polar surface area (TPSA) is 318 Å². The number of rotatable bonds is 13. The van der Waals surface area contributed by atoms with Gasteiger partial charge in [-0.2, -0.15) is 0 Å². The van der Waals surface area contributed by atoms with Crippen molar-refractivity contribution in [2.75, 3.05) is 13.2 Å². The van der Waals surface area contributed by atoms with Crippen LogP contribution in [0.2, 0.25) is 0 Å². The van der Waals surface area contributed by atoms with Gasteiger partial charge in [0.15, 0.2) is 12.6 Å². The maximum absolute atomic E-state index is 11.1. The van der Waals surface area contributed by atoms with E-state index in [1.807, 2.05) is 0 Å². The number of ether oxygens (including phenoxy) is 5. The first kappa shape index (κ1) is 43.2. The van der Waals surface area contributed by atoms with Crippen molar-refractivity contribution in [2.45, 2.75) is 147 Å². The molecule has 13 N–H and O–H groups in total. The van der Waals surface area contributed by atoms with Gasteiger partial charge in [-0.25, -0.2) is 0 Å². The van der Waals surface area contributed by atoms with Crippen molar-refractivity contribution in [1.29, 1.82) is 0 Å². The Hall–Kier alpha value is -1.90. The van der Waals surface area contributed by atoms with Crippen LogP contribution in [0.1, 0.15) is 25.8 Å². The van der Waals surface area contributed by atoms with Gasteiger partial charge in [0, 0.05) is 4.90 Å². The van der Waals surface area contributed by atoms with Gasteiger partial charge in [0.1, 0.15) is 84.8 Å². The number of aliphatic hydroxyl groups is 11. The fourth-order valence-electron chi connectivity index (χ4n) is 7.07. The lowest BCUT2D eigenvalue weighted by Gasteiger charge is -2.49. The summed E-state index contributed by atoms with van der Waals surface area (Å²) in [4.78, 5) is 11.5. The van der Waals surface area contributed by atoms with Gasteiger partial charge in [-0.1, -0.05) is 36.9 Å². The number of carboxylic acid groups (broad SMARTS) is 1. The molecule has 0 aromatic heterocycles. The number of aliphatic hydroxyl groups excluding tert-OH is 11. The lowest BCUT2D eigenvalue weighted by Crippen LogP contribution is -2.68. The van der Waals surface area contributed by atoms with Crippen molar-refractivity contribution in [2.24, 2.45) is 0 Å². The highest BCUT2D eigenvalue weighted by Crippen LogP contribution is 2.37. The van der Waals surface area contributed by atoms with Crippen LogP contribution in [-0.2, 0) is 34.9 Å². The van der Waals surface area contributed by atoms with Gasteiger partial charge in [-0.3, -0.25) is 4.79 Å². The number of aliphatic carboxylic acids is 1. The first-order valence-electron chi connectivity index (χ1n) is 17.7. The molecule has 54 heavy (non-hydrogen) atoms. The van der Waals surface area contributed by atoms with Crippen LogP contribution in [0.15, 0.2) is 40.8 Å². The normalized spacial score (nSPS) is 44.5. The SMILES string of the molecule is CCC1=CC(NC2C(C)OC(OC3C(CO)OC(OC4C(CO)OC(Sc5ccc(CC(=O)O)cc5)C(O)C4O)C(O)C3O)C(O)C2O)C(O)C(O)C1O. The summed E-state index contributed by atoms with van der Waals surface area (Å²) < 4.78 is 28.9. The van der Waals surface area contributed by atoms with Crippen molar-refractivity contribution < 1.29 is 89.8 Å². The summed E-state index contributed by atoms with van der Waals surface area (Å²) in [5, 5.41) is 129. The molecule has 19 unspecified atom stereocenters. The van der Waals surface area contributed by atoms with Gasteiger partial charge in [0.05, 0.1) is 37.8 Å². The molecule has 0 saturated carbocycles. The fraction of sp³-hybridized carbons (Fsp3) is 0.735. The zero-order valence-electron chi connectivity index (χ0n) is 29.4. The standard InChI is InChI=1S/C34H51NO18S/c1-3-14-9-16(22(41)24(43)21(14)40)35-20-12(2)49-32(27(46)23(20)42)52-30-17(10-36)50-33(28(47)25(30)44)53-31-18(11-37)51-34(29(48)26(31)45)54-15-6-4-13(5-7-15)8-19(38)39/h4-7,9,12,16-18,20-37,40-48H,3,8,10-11H2,1-2H3,(H,38,39). The summed E-state index contributed by atoms with van der Waals surface area (Å²) in [6.45, 7) is 1.75. The summed E-state index contributed by atoms with van der Waals surface area (Å²) in [6, 6.07) is 4.43. The number of hydrogen-bond donors (Lipinski definition) is 13.